The van der Waals surface area contributed by atoms with Crippen LogP contribution < -0.4 is 5.32 Å². The molecule has 144 valence electrons. The number of nitrogens with one attached hydrogen (secondary N) is 1. The van der Waals surface area contributed by atoms with Crippen LogP contribution in [0.3, 0.4) is 0 Å². The van der Waals surface area contributed by atoms with Gasteiger partial charge in [0, 0.05) is 10.6 Å². The van der Waals surface area contributed by atoms with Crippen LogP contribution in [0, 0.1) is 5.82 Å². The molecule has 0 heterocycles. The Balaban J connectivity index is 1.75. The van der Waals surface area contributed by atoms with Crippen LogP contribution in [0.15, 0.2) is 53.4 Å². The van der Waals surface area contributed by atoms with Crippen molar-refractivity contribution in [3.05, 3.63) is 59.9 Å². The molecule has 0 aliphatic heterocycles. The lowest BCUT2D eigenvalue weighted by molar-refractivity contribution is -0.147. The first-order valence-corrected chi connectivity index (χ1v) is 8.74. The molecule has 2 aromatic rings. The topological polar surface area (TPSA) is 55.4 Å². The molecule has 0 fully saturated rings. The number of ether oxygens (including phenoxy) is 1. The highest BCUT2D eigenvalue weighted by molar-refractivity contribution is 7.99. The molecule has 0 aromatic heterocycles. The molecule has 0 spiro atoms. The fourth-order valence-electron chi connectivity index (χ4n) is 2.03. The van der Waals surface area contributed by atoms with E-state index < -0.39 is 35.9 Å². The first-order valence-electron chi connectivity index (χ1n) is 7.76. The quantitative estimate of drug-likeness (QED) is 0.421. The number of para-hydroxylation sites is 1. The van der Waals surface area contributed by atoms with Gasteiger partial charge in [-0.1, -0.05) is 12.1 Å². The van der Waals surface area contributed by atoms with E-state index in [0.717, 1.165) is 17.0 Å². The number of alkyl halides is 3. The van der Waals surface area contributed by atoms with Crippen molar-refractivity contribution in [1.82, 2.24) is 0 Å². The van der Waals surface area contributed by atoms with Crippen molar-refractivity contribution >= 4 is 29.3 Å². The maximum absolute atomic E-state index is 12.9. The smallest absolute Gasteiger partial charge is 0.418 e. The molecular weight excluding hydrogens is 386 g/mol. The second-order valence-corrected chi connectivity index (χ2v) is 6.47. The van der Waals surface area contributed by atoms with Gasteiger partial charge in [-0.15, -0.1) is 11.8 Å². The van der Waals surface area contributed by atoms with Crippen molar-refractivity contribution in [1.29, 1.82) is 0 Å². The van der Waals surface area contributed by atoms with Gasteiger partial charge in [0.2, 0.25) is 0 Å². The zero-order chi connectivity index (χ0) is 19.9. The van der Waals surface area contributed by atoms with Crippen LogP contribution in [0.2, 0.25) is 0 Å². The molecule has 0 saturated carbocycles. The van der Waals surface area contributed by atoms with Gasteiger partial charge >= 0.3 is 12.1 Å². The predicted octanol–water partition coefficient (Wildman–Crippen LogP) is 4.51. The van der Waals surface area contributed by atoms with Gasteiger partial charge in [0.25, 0.3) is 5.91 Å². The van der Waals surface area contributed by atoms with Gasteiger partial charge in [-0.05, 0) is 36.4 Å². The zero-order valence-electron chi connectivity index (χ0n) is 13.9. The van der Waals surface area contributed by atoms with Crippen molar-refractivity contribution in [2.45, 2.75) is 17.5 Å². The largest absolute Gasteiger partial charge is 0.456 e. The lowest BCUT2D eigenvalue weighted by Crippen LogP contribution is -2.22. The molecule has 4 nitrogen and oxygen atoms in total. The second kappa shape index (κ2) is 9.40. The number of benzene rings is 2. The summed E-state index contributed by atoms with van der Waals surface area (Å²) in [4.78, 5) is 24.1. The van der Waals surface area contributed by atoms with Gasteiger partial charge in [0.05, 0.1) is 17.7 Å². The number of esters is 1. The minimum atomic E-state index is -4.61. The first-order chi connectivity index (χ1) is 12.8. The van der Waals surface area contributed by atoms with E-state index in [-0.39, 0.29) is 12.2 Å². The summed E-state index contributed by atoms with van der Waals surface area (Å²) in [6.07, 6.45) is -4.62. The molecule has 0 unspecified atom stereocenters. The van der Waals surface area contributed by atoms with E-state index in [1.54, 1.807) is 12.1 Å². The molecule has 0 atom stereocenters. The molecule has 2 aromatic carbocycles. The Morgan fingerprint density at radius 3 is 2.37 bits per heavy atom. The number of rotatable bonds is 7. The Hall–Kier alpha value is -2.55. The van der Waals surface area contributed by atoms with Gasteiger partial charge in [-0.25, -0.2) is 4.39 Å². The van der Waals surface area contributed by atoms with Crippen molar-refractivity contribution < 1.29 is 31.9 Å². The summed E-state index contributed by atoms with van der Waals surface area (Å²) in [6, 6.07) is 10.2. The average molecular weight is 401 g/mol. The number of hydrogen-bond donors (Lipinski definition) is 1. The van der Waals surface area contributed by atoms with Crippen LogP contribution in [0.1, 0.15) is 12.0 Å². The number of amides is 1. The van der Waals surface area contributed by atoms with E-state index in [1.807, 2.05) is 0 Å². The number of carbonyl (C=O) groups excluding carboxylic acids is 2. The minimum absolute atomic E-state index is 0.00549. The highest BCUT2D eigenvalue weighted by Crippen LogP contribution is 2.34. The van der Waals surface area contributed by atoms with Crippen molar-refractivity contribution in [3.63, 3.8) is 0 Å². The third-order valence-corrected chi connectivity index (χ3v) is 4.27. The fraction of sp³-hybridized carbons (Fsp3) is 0.222. The summed E-state index contributed by atoms with van der Waals surface area (Å²) in [5.41, 5.74) is -1.39. The Morgan fingerprint density at radius 1 is 1.04 bits per heavy atom. The third kappa shape index (κ3) is 6.93. The number of carbonyl (C=O) groups is 2. The Labute approximate surface area is 156 Å². The van der Waals surface area contributed by atoms with Gasteiger partial charge < -0.3 is 10.1 Å². The summed E-state index contributed by atoms with van der Waals surface area (Å²) in [7, 11) is 0. The van der Waals surface area contributed by atoms with Crippen molar-refractivity contribution in [2.24, 2.45) is 0 Å². The third-order valence-electron chi connectivity index (χ3n) is 3.26. The van der Waals surface area contributed by atoms with Gasteiger partial charge in [0.1, 0.15) is 5.82 Å². The molecule has 2 rings (SSSR count). The normalized spacial score (nSPS) is 11.1. The van der Waals surface area contributed by atoms with Crippen LogP contribution in [0.25, 0.3) is 0 Å². The van der Waals surface area contributed by atoms with Gasteiger partial charge in [-0.3, -0.25) is 9.59 Å². The Morgan fingerprint density at radius 2 is 1.70 bits per heavy atom. The number of hydrogen-bond acceptors (Lipinski definition) is 4. The van der Waals surface area contributed by atoms with Gasteiger partial charge in [-0.2, -0.15) is 13.2 Å². The highest BCUT2D eigenvalue weighted by Gasteiger charge is 2.33. The SMILES string of the molecule is O=C(COC(=O)CCSc1ccc(F)cc1)Nc1ccccc1C(F)(F)F. The van der Waals surface area contributed by atoms with E-state index in [2.05, 4.69) is 5.32 Å². The molecule has 0 aliphatic carbocycles. The van der Waals surface area contributed by atoms with Crippen LogP contribution >= 0.6 is 11.8 Å². The summed E-state index contributed by atoms with van der Waals surface area (Å²) < 4.78 is 56.1. The van der Waals surface area contributed by atoms with Crippen molar-refractivity contribution in [2.75, 3.05) is 17.7 Å². The van der Waals surface area contributed by atoms with E-state index >= 15 is 0 Å². The number of halogens is 4. The number of anilines is 1. The molecule has 0 bridgehead atoms. The summed E-state index contributed by atoms with van der Waals surface area (Å²) in [5, 5.41) is 2.08. The summed E-state index contributed by atoms with van der Waals surface area (Å²) in [5.74, 6) is -1.55. The molecular formula is C18H15F4NO3S. The van der Waals surface area contributed by atoms with Crippen LogP contribution in [-0.2, 0) is 20.5 Å². The average Bonchev–Trinajstić information content (AvgIpc) is 2.61. The monoisotopic (exact) mass is 401 g/mol. The minimum Gasteiger partial charge on any atom is -0.456 e. The van der Waals surface area contributed by atoms with E-state index in [0.29, 0.717) is 5.75 Å². The zero-order valence-corrected chi connectivity index (χ0v) is 14.7. The number of thioether (sulfide) groups is 1. The first kappa shape index (κ1) is 20.8. The summed E-state index contributed by atoms with van der Waals surface area (Å²) in [6.45, 7) is -0.688. The molecule has 1 amide bonds. The Bertz CT molecular complexity index is 794. The molecule has 9 heteroatoms. The fourth-order valence-corrected chi connectivity index (χ4v) is 2.86. The molecule has 1 N–H and O–H groups in total. The van der Waals surface area contributed by atoms with Crippen LogP contribution in [-0.4, -0.2) is 24.2 Å². The molecule has 0 aliphatic rings. The standard InChI is InChI=1S/C18H15F4NO3S/c19-12-5-7-13(8-6-12)27-10-9-17(25)26-11-16(24)23-15-4-2-1-3-14(15)18(20,21)22/h1-8H,9-11H2,(H,23,24). The lowest BCUT2D eigenvalue weighted by Gasteiger charge is -2.13. The highest BCUT2D eigenvalue weighted by atomic mass is 32.2. The van der Waals surface area contributed by atoms with E-state index in [9.17, 15) is 27.2 Å². The lowest BCUT2D eigenvalue weighted by atomic mass is 10.1. The van der Waals surface area contributed by atoms with E-state index in [4.69, 9.17) is 4.74 Å². The molecule has 0 saturated heterocycles. The molecule has 0 radical (unpaired) electrons. The predicted molar refractivity (Wildman–Crippen MR) is 92.8 cm³/mol. The summed E-state index contributed by atoms with van der Waals surface area (Å²) >= 11 is 1.31. The molecule has 27 heavy (non-hydrogen) atoms. The Kier molecular flexibility index (Phi) is 7.23. The second-order valence-electron chi connectivity index (χ2n) is 5.30. The van der Waals surface area contributed by atoms with E-state index in [1.165, 1.54) is 36.0 Å². The van der Waals surface area contributed by atoms with Crippen molar-refractivity contribution in [3.8, 4) is 0 Å². The van der Waals surface area contributed by atoms with Gasteiger partial charge in [0.15, 0.2) is 6.61 Å². The van der Waals surface area contributed by atoms with Crippen LogP contribution in [0.5, 0.6) is 0 Å². The maximum atomic E-state index is 12.9. The van der Waals surface area contributed by atoms with Crippen LogP contribution in [0.4, 0.5) is 23.2 Å². The maximum Gasteiger partial charge on any atom is 0.418 e.